The van der Waals surface area contributed by atoms with Gasteiger partial charge in [-0.2, -0.15) is 5.26 Å². The lowest BCUT2D eigenvalue weighted by molar-refractivity contribution is 0.242. The second-order valence-electron chi connectivity index (χ2n) is 3.64. The zero-order valence-electron chi connectivity index (χ0n) is 8.76. The molecule has 0 aromatic rings. The summed E-state index contributed by atoms with van der Waals surface area (Å²) in [5.74, 6) is 0.799. The molecule has 0 aliphatic carbocycles. The minimum absolute atomic E-state index is 0.141. The fourth-order valence-electron chi connectivity index (χ4n) is 1.25. The standard InChI is InChI=1S/C10H19BrN2/c1-4-13(7-9(2)5-11)8-10(3)6-12/h9-10H,4-5,7-8H2,1-3H3. The van der Waals surface area contributed by atoms with Crippen molar-refractivity contribution in [2.75, 3.05) is 25.0 Å². The molecule has 0 N–H and O–H groups in total. The van der Waals surface area contributed by atoms with Crippen LogP contribution in [0.3, 0.4) is 0 Å². The van der Waals surface area contributed by atoms with Gasteiger partial charge in [-0.15, -0.1) is 0 Å². The molecule has 0 heterocycles. The van der Waals surface area contributed by atoms with E-state index in [1.54, 1.807) is 0 Å². The van der Waals surface area contributed by atoms with E-state index in [9.17, 15) is 0 Å². The highest BCUT2D eigenvalue weighted by molar-refractivity contribution is 9.09. The van der Waals surface area contributed by atoms with Crippen molar-refractivity contribution in [3.8, 4) is 6.07 Å². The summed E-state index contributed by atoms with van der Waals surface area (Å²) in [6, 6.07) is 2.27. The zero-order valence-corrected chi connectivity index (χ0v) is 10.3. The molecule has 0 fully saturated rings. The highest BCUT2D eigenvalue weighted by Crippen LogP contribution is 2.05. The third-order valence-electron chi connectivity index (χ3n) is 2.03. The molecule has 2 nitrogen and oxygen atoms in total. The molecule has 76 valence electrons. The Bertz CT molecular complexity index is 165. The molecule has 0 aliphatic heterocycles. The molecule has 2 atom stereocenters. The minimum atomic E-state index is 0.141. The zero-order chi connectivity index (χ0) is 10.3. The fourth-order valence-corrected chi connectivity index (χ4v) is 1.46. The normalized spacial score (nSPS) is 15.4. The van der Waals surface area contributed by atoms with Crippen LogP contribution in [0.15, 0.2) is 0 Å². The summed E-state index contributed by atoms with van der Waals surface area (Å²) in [5.41, 5.74) is 0. The van der Waals surface area contributed by atoms with Crippen molar-refractivity contribution in [3.05, 3.63) is 0 Å². The van der Waals surface area contributed by atoms with E-state index in [1.165, 1.54) is 0 Å². The number of alkyl halides is 1. The molecule has 0 spiro atoms. The largest absolute Gasteiger partial charge is 0.302 e. The van der Waals surface area contributed by atoms with Crippen molar-refractivity contribution in [2.45, 2.75) is 20.8 Å². The monoisotopic (exact) mass is 246 g/mol. The van der Waals surface area contributed by atoms with Crippen LogP contribution in [-0.2, 0) is 0 Å². The van der Waals surface area contributed by atoms with E-state index in [2.05, 4.69) is 40.7 Å². The van der Waals surface area contributed by atoms with Crippen LogP contribution in [0.4, 0.5) is 0 Å². The number of nitrogens with zero attached hydrogens (tertiary/aromatic N) is 2. The van der Waals surface area contributed by atoms with Gasteiger partial charge in [0.05, 0.1) is 12.0 Å². The van der Waals surface area contributed by atoms with E-state index in [0.29, 0.717) is 5.92 Å². The smallest absolute Gasteiger partial charge is 0.0666 e. The molecule has 0 rings (SSSR count). The first-order chi connectivity index (χ1) is 6.13. The number of hydrogen-bond donors (Lipinski definition) is 0. The van der Waals surface area contributed by atoms with Gasteiger partial charge >= 0.3 is 0 Å². The van der Waals surface area contributed by atoms with Gasteiger partial charge in [0.15, 0.2) is 0 Å². The Labute approximate surface area is 90.0 Å². The van der Waals surface area contributed by atoms with Crippen LogP contribution in [0, 0.1) is 23.2 Å². The van der Waals surface area contributed by atoms with Crippen LogP contribution < -0.4 is 0 Å². The van der Waals surface area contributed by atoms with E-state index in [4.69, 9.17) is 5.26 Å². The molecule has 0 saturated carbocycles. The Balaban J connectivity index is 3.83. The molecule has 0 aliphatic rings. The molecule has 0 aromatic carbocycles. The van der Waals surface area contributed by atoms with Gasteiger partial charge in [-0.25, -0.2) is 0 Å². The van der Waals surface area contributed by atoms with Crippen molar-refractivity contribution in [1.29, 1.82) is 5.26 Å². The fraction of sp³-hybridized carbons (Fsp3) is 0.900. The van der Waals surface area contributed by atoms with E-state index in [1.807, 2.05) is 6.92 Å². The quantitative estimate of drug-likeness (QED) is 0.674. The first kappa shape index (κ1) is 12.9. The lowest BCUT2D eigenvalue weighted by atomic mass is 10.1. The van der Waals surface area contributed by atoms with E-state index < -0.39 is 0 Å². The molecule has 13 heavy (non-hydrogen) atoms. The first-order valence-corrected chi connectivity index (χ1v) is 5.94. The molecule has 0 aromatic heterocycles. The second-order valence-corrected chi connectivity index (χ2v) is 4.29. The maximum atomic E-state index is 8.68. The van der Waals surface area contributed by atoms with Crippen molar-refractivity contribution in [3.63, 3.8) is 0 Å². The Morgan fingerprint density at radius 3 is 2.38 bits per heavy atom. The lowest BCUT2D eigenvalue weighted by Gasteiger charge is -2.24. The summed E-state index contributed by atoms with van der Waals surface area (Å²) in [4.78, 5) is 2.33. The third-order valence-corrected chi connectivity index (χ3v) is 3.14. The van der Waals surface area contributed by atoms with Gasteiger partial charge in [-0.05, 0) is 19.4 Å². The number of rotatable bonds is 6. The highest BCUT2D eigenvalue weighted by atomic mass is 79.9. The number of nitriles is 1. The summed E-state index contributed by atoms with van der Waals surface area (Å²) < 4.78 is 0. The van der Waals surface area contributed by atoms with Crippen molar-refractivity contribution in [1.82, 2.24) is 4.90 Å². The van der Waals surface area contributed by atoms with Gasteiger partial charge in [0.25, 0.3) is 0 Å². The molecule has 3 heteroatoms. The van der Waals surface area contributed by atoms with Crippen molar-refractivity contribution < 1.29 is 0 Å². The van der Waals surface area contributed by atoms with Gasteiger partial charge in [-0.3, -0.25) is 0 Å². The predicted molar refractivity (Wildman–Crippen MR) is 59.8 cm³/mol. The average Bonchev–Trinajstić information content (AvgIpc) is 2.16. The van der Waals surface area contributed by atoms with Gasteiger partial charge in [-0.1, -0.05) is 29.8 Å². The van der Waals surface area contributed by atoms with E-state index in [0.717, 1.165) is 25.0 Å². The van der Waals surface area contributed by atoms with Gasteiger partial charge in [0, 0.05) is 18.4 Å². The van der Waals surface area contributed by atoms with Crippen LogP contribution in [0.5, 0.6) is 0 Å². The highest BCUT2D eigenvalue weighted by Gasteiger charge is 2.10. The SMILES string of the molecule is CCN(CC(C)C#N)CC(C)CBr. The summed E-state index contributed by atoms with van der Waals surface area (Å²) >= 11 is 3.46. The van der Waals surface area contributed by atoms with Crippen LogP contribution in [0.25, 0.3) is 0 Å². The predicted octanol–water partition coefficient (Wildman–Crippen LogP) is 2.50. The summed E-state index contributed by atoms with van der Waals surface area (Å²) in [6.07, 6.45) is 0. The molecule has 0 radical (unpaired) electrons. The third kappa shape index (κ3) is 6.06. The van der Waals surface area contributed by atoms with E-state index in [-0.39, 0.29) is 5.92 Å². The number of hydrogen-bond acceptors (Lipinski definition) is 2. The van der Waals surface area contributed by atoms with Crippen molar-refractivity contribution in [2.24, 2.45) is 11.8 Å². The Hall–Kier alpha value is -0.0700. The second kappa shape index (κ2) is 7.34. The van der Waals surface area contributed by atoms with Crippen LogP contribution in [0.1, 0.15) is 20.8 Å². The van der Waals surface area contributed by atoms with Crippen LogP contribution >= 0.6 is 15.9 Å². The van der Waals surface area contributed by atoms with Crippen LogP contribution in [-0.4, -0.2) is 29.9 Å². The van der Waals surface area contributed by atoms with Gasteiger partial charge < -0.3 is 4.90 Å². The summed E-state index contributed by atoms with van der Waals surface area (Å²) in [5, 5.41) is 9.72. The van der Waals surface area contributed by atoms with Crippen molar-refractivity contribution >= 4 is 15.9 Å². The molecule has 2 unspecified atom stereocenters. The minimum Gasteiger partial charge on any atom is -0.302 e. The summed E-state index contributed by atoms with van der Waals surface area (Å²) in [6.45, 7) is 9.34. The lowest BCUT2D eigenvalue weighted by Crippen LogP contribution is -2.32. The molecule has 0 saturated heterocycles. The topological polar surface area (TPSA) is 27.0 Å². The molecule has 0 bridgehead atoms. The Kier molecular flexibility index (Phi) is 7.31. The Morgan fingerprint density at radius 2 is 2.00 bits per heavy atom. The maximum absolute atomic E-state index is 8.68. The van der Waals surface area contributed by atoms with Crippen LogP contribution in [0.2, 0.25) is 0 Å². The first-order valence-electron chi connectivity index (χ1n) is 4.81. The average molecular weight is 247 g/mol. The molecular formula is C10H19BrN2. The summed E-state index contributed by atoms with van der Waals surface area (Å²) in [7, 11) is 0. The Morgan fingerprint density at radius 1 is 1.38 bits per heavy atom. The van der Waals surface area contributed by atoms with E-state index >= 15 is 0 Å². The maximum Gasteiger partial charge on any atom is 0.0666 e. The number of halogens is 1. The van der Waals surface area contributed by atoms with Gasteiger partial charge in [0.1, 0.15) is 0 Å². The molecule has 0 amide bonds. The molecular weight excluding hydrogens is 228 g/mol. The van der Waals surface area contributed by atoms with Gasteiger partial charge in [0.2, 0.25) is 0 Å².